The minimum absolute atomic E-state index is 0.211. The number of benzene rings is 1. The van der Waals surface area contributed by atoms with E-state index in [0.29, 0.717) is 38.7 Å². The molecule has 0 fully saturated rings. The molecule has 0 aliphatic carbocycles. The molecule has 1 aromatic carbocycles. The molecular formula is C25H26N2O5S2. The number of thiophene rings is 1. The fourth-order valence-electron chi connectivity index (χ4n) is 3.78. The second-order valence-corrected chi connectivity index (χ2v) is 9.88. The van der Waals surface area contributed by atoms with Crippen LogP contribution in [-0.2, 0) is 9.53 Å². The summed E-state index contributed by atoms with van der Waals surface area (Å²) in [7, 11) is 1.58. The normalized spacial score (nSPS) is 15.8. The molecule has 0 bridgehead atoms. The molecule has 0 N–H and O–H groups in total. The number of rotatable bonds is 7. The molecule has 0 amide bonds. The first-order valence-corrected chi connectivity index (χ1v) is 12.6. The SMILES string of the molecule is CCOc1ccc(/C=c2/sc3n(c2=O)[C@H](c2cccs2)C(C(=O)OC(C)C)=C(C)N=3)cc1OC. The highest BCUT2D eigenvalue weighted by molar-refractivity contribution is 7.10. The number of esters is 1. The van der Waals surface area contributed by atoms with Crippen molar-refractivity contribution in [2.45, 2.75) is 39.8 Å². The third-order valence-corrected chi connectivity index (χ3v) is 7.09. The highest BCUT2D eigenvalue weighted by Crippen LogP contribution is 2.33. The Labute approximate surface area is 205 Å². The molecule has 178 valence electrons. The summed E-state index contributed by atoms with van der Waals surface area (Å²) in [6.07, 6.45) is 1.52. The molecular weight excluding hydrogens is 472 g/mol. The first-order chi connectivity index (χ1) is 16.3. The van der Waals surface area contributed by atoms with Gasteiger partial charge in [0.05, 0.1) is 35.6 Å². The second kappa shape index (κ2) is 9.99. The highest BCUT2D eigenvalue weighted by atomic mass is 32.1. The van der Waals surface area contributed by atoms with Crippen LogP contribution in [0.4, 0.5) is 0 Å². The molecule has 3 heterocycles. The number of methoxy groups -OCH3 is 1. The zero-order valence-electron chi connectivity index (χ0n) is 19.7. The molecule has 9 heteroatoms. The molecule has 2 aromatic heterocycles. The Kier molecular flexibility index (Phi) is 7.04. The summed E-state index contributed by atoms with van der Waals surface area (Å²) in [5.41, 5.74) is 1.53. The summed E-state index contributed by atoms with van der Waals surface area (Å²) in [5.74, 6) is 0.778. The molecule has 0 radical (unpaired) electrons. The van der Waals surface area contributed by atoms with Gasteiger partial charge in [-0.05, 0) is 62.9 Å². The zero-order valence-corrected chi connectivity index (χ0v) is 21.3. The molecule has 1 aliphatic heterocycles. The minimum Gasteiger partial charge on any atom is -0.493 e. The van der Waals surface area contributed by atoms with Crippen molar-refractivity contribution in [1.82, 2.24) is 4.57 Å². The van der Waals surface area contributed by atoms with Crippen molar-refractivity contribution in [1.29, 1.82) is 0 Å². The maximum atomic E-state index is 13.6. The fraction of sp³-hybridized carbons (Fsp3) is 0.320. The average molecular weight is 499 g/mol. The lowest BCUT2D eigenvalue weighted by molar-refractivity contribution is -0.143. The molecule has 1 aliphatic rings. The van der Waals surface area contributed by atoms with Crippen molar-refractivity contribution in [3.8, 4) is 11.5 Å². The largest absolute Gasteiger partial charge is 0.493 e. The van der Waals surface area contributed by atoms with Crippen molar-refractivity contribution in [2.24, 2.45) is 4.99 Å². The van der Waals surface area contributed by atoms with E-state index in [2.05, 4.69) is 4.99 Å². The van der Waals surface area contributed by atoms with Crippen LogP contribution in [0.3, 0.4) is 0 Å². The summed E-state index contributed by atoms with van der Waals surface area (Å²) in [6, 6.07) is 8.77. The van der Waals surface area contributed by atoms with E-state index in [1.165, 1.54) is 22.7 Å². The summed E-state index contributed by atoms with van der Waals surface area (Å²) in [5, 5.41) is 1.93. The maximum Gasteiger partial charge on any atom is 0.338 e. The Morgan fingerprint density at radius 2 is 2.06 bits per heavy atom. The van der Waals surface area contributed by atoms with Gasteiger partial charge in [-0.2, -0.15) is 0 Å². The van der Waals surface area contributed by atoms with Gasteiger partial charge >= 0.3 is 5.97 Å². The Morgan fingerprint density at radius 3 is 2.71 bits per heavy atom. The minimum atomic E-state index is -0.584. The van der Waals surface area contributed by atoms with Crippen LogP contribution in [0.15, 0.2) is 56.8 Å². The number of hydrogen-bond donors (Lipinski definition) is 0. The summed E-state index contributed by atoms with van der Waals surface area (Å²) in [4.78, 5) is 32.7. The van der Waals surface area contributed by atoms with E-state index in [1.54, 1.807) is 38.5 Å². The van der Waals surface area contributed by atoms with E-state index < -0.39 is 12.0 Å². The van der Waals surface area contributed by atoms with Crippen LogP contribution in [0.5, 0.6) is 11.5 Å². The molecule has 34 heavy (non-hydrogen) atoms. The third-order valence-electron chi connectivity index (χ3n) is 5.18. The fourth-order valence-corrected chi connectivity index (χ4v) is 5.65. The van der Waals surface area contributed by atoms with Crippen molar-refractivity contribution in [3.05, 3.63) is 77.1 Å². The number of carbonyl (C=O) groups is 1. The Morgan fingerprint density at radius 1 is 1.26 bits per heavy atom. The lowest BCUT2D eigenvalue weighted by Gasteiger charge is -2.24. The van der Waals surface area contributed by atoms with Gasteiger partial charge in [0.15, 0.2) is 16.3 Å². The zero-order chi connectivity index (χ0) is 24.4. The highest BCUT2D eigenvalue weighted by Gasteiger charge is 2.34. The lowest BCUT2D eigenvalue weighted by atomic mass is 10.0. The lowest BCUT2D eigenvalue weighted by Crippen LogP contribution is -2.39. The summed E-state index contributed by atoms with van der Waals surface area (Å²) < 4.78 is 18.6. The van der Waals surface area contributed by atoms with Crippen LogP contribution >= 0.6 is 22.7 Å². The Hall–Kier alpha value is -3.17. The van der Waals surface area contributed by atoms with E-state index >= 15 is 0 Å². The summed E-state index contributed by atoms with van der Waals surface area (Å²) >= 11 is 2.78. The number of aromatic nitrogens is 1. The number of fused-ring (bicyclic) bond motifs is 1. The van der Waals surface area contributed by atoms with Crippen molar-refractivity contribution < 1.29 is 19.0 Å². The molecule has 0 unspecified atom stereocenters. The molecule has 3 aromatic rings. The van der Waals surface area contributed by atoms with Crippen LogP contribution < -0.4 is 24.4 Å². The molecule has 0 saturated carbocycles. The monoisotopic (exact) mass is 498 g/mol. The maximum absolute atomic E-state index is 13.6. The quantitative estimate of drug-likeness (QED) is 0.465. The van der Waals surface area contributed by atoms with E-state index in [4.69, 9.17) is 14.2 Å². The van der Waals surface area contributed by atoms with E-state index in [1.807, 2.05) is 42.6 Å². The van der Waals surface area contributed by atoms with E-state index in [9.17, 15) is 9.59 Å². The second-order valence-electron chi connectivity index (χ2n) is 7.89. The van der Waals surface area contributed by atoms with Gasteiger partial charge in [0, 0.05) is 4.88 Å². The van der Waals surface area contributed by atoms with Crippen LogP contribution in [0.1, 0.15) is 44.2 Å². The number of thiazole rings is 1. The first kappa shape index (κ1) is 24.0. The smallest absolute Gasteiger partial charge is 0.338 e. The average Bonchev–Trinajstić information content (AvgIpc) is 3.42. The Balaban J connectivity index is 1.86. The molecule has 1 atom stereocenters. The van der Waals surface area contributed by atoms with Crippen LogP contribution in [0.2, 0.25) is 0 Å². The van der Waals surface area contributed by atoms with Gasteiger partial charge in [-0.25, -0.2) is 9.79 Å². The van der Waals surface area contributed by atoms with Crippen LogP contribution in [0.25, 0.3) is 6.08 Å². The molecule has 4 rings (SSSR count). The predicted octanol–water partition coefficient (Wildman–Crippen LogP) is 3.66. The van der Waals surface area contributed by atoms with Crippen LogP contribution in [-0.4, -0.2) is 30.4 Å². The predicted molar refractivity (Wildman–Crippen MR) is 133 cm³/mol. The van der Waals surface area contributed by atoms with Crippen molar-refractivity contribution >= 4 is 34.7 Å². The standard InChI is InChI=1S/C25H26N2O5S2/c1-6-31-17-10-9-16(12-18(17)30-5)13-20-23(28)27-22(19-8-7-11-33-19)21(24(29)32-14(2)3)15(4)26-25(27)34-20/h7-14,22H,6H2,1-5H3/b20-13+/t22-/m1/s1. The molecule has 0 spiro atoms. The first-order valence-electron chi connectivity index (χ1n) is 10.9. The Bertz CT molecular complexity index is 1410. The van der Waals surface area contributed by atoms with Crippen molar-refractivity contribution in [3.63, 3.8) is 0 Å². The van der Waals surface area contributed by atoms with Gasteiger partial charge in [0.2, 0.25) is 0 Å². The molecule has 0 saturated heterocycles. The molecule has 7 nitrogen and oxygen atoms in total. The van der Waals surface area contributed by atoms with Gasteiger partial charge < -0.3 is 14.2 Å². The number of carbonyl (C=O) groups excluding carboxylic acids is 1. The van der Waals surface area contributed by atoms with Gasteiger partial charge in [-0.1, -0.05) is 23.5 Å². The van der Waals surface area contributed by atoms with Gasteiger partial charge in [0.1, 0.15) is 6.04 Å². The topological polar surface area (TPSA) is 79.1 Å². The number of ether oxygens (including phenoxy) is 3. The van der Waals surface area contributed by atoms with Crippen LogP contribution in [0, 0.1) is 0 Å². The third kappa shape index (κ3) is 4.58. The number of hydrogen-bond acceptors (Lipinski definition) is 8. The van der Waals surface area contributed by atoms with Gasteiger partial charge in [0.25, 0.3) is 5.56 Å². The number of allylic oxidation sites excluding steroid dienone is 1. The van der Waals surface area contributed by atoms with Gasteiger partial charge in [-0.15, -0.1) is 11.3 Å². The van der Waals surface area contributed by atoms with E-state index in [0.717, 1.165) is 10.4 Å². The summed E-state index contributed by atoms with van der Waals surface area (Å²) in [6.45, 7) is 7.82. The number of nitrogens with zero attached hydrogens (tertiary/aromatic N) is 2. The van der Waals surface area contributed by atoms with Crippen molar-refractivity contribution in [2.75, 3.05) is 13.7 Å². The van der Waals surface area contributed by atoms with E-state index in [-0.39, 0.29) is 11.7 Å². The van der Waals surface area contributed by atoms with Gasteiger partial charge in [-0.3, -0.25) is 9.36 Å².